The SMILES string of the molecule is Cc1n[n+]([NH-])nc(C)c1C. The van der Waals surface area contributed by atoms with Crippen LogP contribution >= 0.6 is 0 Å². The van der Waals surface area contributed by atoms with E-state index < -0.39 is 0 Å². The first-order chi connectivity index (χ1) is 4.61. The molecule has 0 saturated carbocycles. The van der Waals surface area contributed by atoms with Gasteiger partial charge in [0.25, 0.3) is 0 Å². The van der Waals surface area contributed by atoms with E-state index in [4.69, 9.17) is 5.84 Å². The van der Waals surface area contributed by atoms with E-state index in [0.29, 0.717) is 0 Å². The zero-order valence-electron chi connectivity index (χ0n) is 6.34. The Morgan fingerprint density at radius 2 is 1.50 bits per heavy atom. The molecule has 0 aromatic carbocycles. The smallest absolute Gasteiger partial charge is 0.0357 e. The van der Waals surface area contributed by atoms with Gasteiger partial charge in [0, 0.05) is 11.4 Å². The van der Waals surface area contributed by atoms with Crippen LogP contribution in [0.1, 0.15) is 17.0 Å². The topological polar surface area (TPSA) is 53.5 Å². The Kier molecular flexibility index (Phi) is 1.53. The van der Waals surface area contributed by atoms with Crippen LogP contribution in [0.5, 0.6) is 0 Å². The maximum Gasteiger partial charge on any atom is 0.0357 e. The van der Waals surface area contributed by atoms with E-state index in [1.165, 1.54) is 0 Å². The lowest BCUT2D eigenvalue weighted by Gasteiger charge is -2.02. The number of aryl methyl sites for hydroxylation is 2. The van der Waals surface area contributed by atoms with Crippen LogP contribution in [0.3, 0.4) is 0 Å². The number of nitrogens with one attached hydrogen (secondary N) is 1. The third-order valence-electron chi connectivity index (χ3n) is 1.57. The molecule has 0 fully saturated rings. The number of nitrogens with zero attached hydrogens (tertiary/aromatic N) is 3. The van der Waals surface area contributed by atoms with Crippen LogP contribution < -0.4 is 4.91 Å². The van der Waals surface area contributed by atoms with Crippen molar-refractivity contribution in [2.75, 3.05) is 0 Å². The van der Waals surface area contributed by atoms with Gasteiger partial charge in [-0.25, -0.2) is 0 Å². The van der Waals surface area contributed by atoms with Crippen LogP contribution in [0.25, 0.3) is 5.84 Å². The van der Waals surface area contributed by atoms with Gasteiger partial charge in [-0.15, -0.1) is 5.84 Å². The quantitative estimate of drug-likeness (QED) is 0.490. The summed E-state index contributed by atoms with van der Waals surface area (Å²) in [7, 11) is 0. The molecule has 1 N–H and O–H groups in total. The predicted molar refractivity (Wildman–Crippen MR) is 36.2 cm³/mol. The summed E-state index contributed by atoms with van der Waals surface area (Å²) >= 11 is 0. The Hall–Kier alpha value is -1.19. The van der Waals surface area contributed by atoms with E-state index in [9.17, 15) is 0 Å². The van der Waals surface area contributed by atoms with Crippen molar-refractivity contribution in [2.45, 2.75) is 20.8 Å². The van der Waals surface area contributed by atoms with Gasteiger partial charge in [0.15, 0.2) is 0 Å². The van der Waals surface area contributed by atoms with Gasteiger partial charge in [-0.3, -0.25) is 0 Å². The molecule has 0 aliphatic rings. The van der Waals surface area contributed by atoms with Crippen LogP contribution in [-0.4, -0.2) is 10.2 Å². The second-order valence-corrected chi connectivity index (χ2v) is 2.29. The Morgan fingerprint density at radius 1 is 1.10 bits per heavy atom. The summed E-state index contributed by atoms with van der Waals surface area (Å²) in [5, 5.41) is 7.61. The van der Waals surface area contributed by atoms with Crippen molar-refractivity contribution in [3.05, 3.63) is 22.8 Å². The second kappa shape index (κ2) is 2.21. The predicted octanol–water partition coefficient (Wildman–Crippen LogP) is 0.505. The highest BCUT2D eigenvalue weighted by atomic mass is 15.6. The zero-order valence-corrected chi connectivity index (χ0v) is 6.34. The average Bonchev–Trinajstić information content (AvgIpc) is 1.82. The Morgan fingerprint density at radius 3 is 1.90 bits per heavy atom. The molecule has 0 radical (unpaired) electrons. The summed E-state index contributed by atoms with van der Waals surface area (Å²) in [6, 6.07) is 0. The molecule has 0 unspecified atom stereocenters. The summed E-state index contributed by atoms with van der Waals surface area (Å²) in [5.74, 6) is 7.07. The molecule has 0 bridgehead atoms. The van der Waals surface area contributed by atoms with Crippen LogP contribution in [0, 0.1) is 20.8 Å². The third-order valence-corrected chi connectivity index (χ3v) is 1.57. The van der Waals surface area contributed by atoms with Crippen molar-refractivity contribution in [3.8, 4) is 0 Å². The molecule has 4 heteroatoms. The molecular formula is C6H10N4. The molecule has 4 nitrogen and oxygen atoms in total. The number of hydrogen-bond acceptors (Lipinski definition) is 2. The fourth-order valence-electron chi connectivity index (χ4n) is 0.718. The monoisotopic (exact) mass is 138 g/mol. The normalized spacial score (nSPS) is 9.90. The fourth-order valence-corrected chi connectivity index (χ4v) is 0.718. The van der Waals surface area contributed by atoms with Crippen molar-refractivity contribution in [2.24, 2.45) is 0 Å². The van der Waals surface area contributed by atoms with Crippen molar-refractivity contribution in [1.29, 1.82) is 0 Å². The number of aromatic nitrogens is 3. The second-order valence-electron chi connectivity index (χ2n) is 2.29. The summed E-state index contributed by atoms with van der Waals surface area (Å²) in [6.07, 6.45) is 0. The molecule has 1 rings (SSSR count). The first-order valence-corrected chi connectivity index (χ1v) is 3.07. The Labute approximate surface area is 59.6 Å². The van der Waals surface area contributed by atoms with Crippen molar-refractivity contribution < 1.29 is 4.91 Å². The zero-order chi connectivity index (χ0) is 7.72. The lowest BCUT2D eigenvalue weighted by atomic mass is 10.2. The van der Waals surface area contributed by atoms with E-state index in [1.54, 1.807) is 0 Å². The molecule has 0 saturated heterocycles. The summed E-state index contributed by atoms with van der Waals surface area (Å²) in [4.78, 5) is 0.845. The van der Waals surface area contributed by atoms with Gasteiger partial charge < -0.3 is 0 Å². The van der Waals surface area contributed by atoms with Crippen molar-refractivity contribution in [1.82, 2.24) is 10.2 Å². The fraction of sp³-hybridized carbons (Fsp3) is 0.500. The lowest BCUT2D eigenvalue weighted by Crippen LogP contribution is -2.35. The van der Waals surface area contributed by atoms with Gasteiger partial charge in [-0.1, -0.05) is 10.2 Å². The van der Waals surface area contributed by atoms with Gasteiger partial charge in [0.1, 0.15) is 0 Å². The standard InChI is InChI=1S/C6H10N4/c1-4-5(2)8-10(7)9-6(4)3/h7H,1-3H3. The van der Waals surface area contributed by atoms with E-state index in [1.807, 2.05) is 20.8 Å². The molecule has 0 spiro atoms. The van der Waals surface area contributed by atoms with Gasteiger partial charge in [0.05, 0.1) is 0 Å². The minimum Gasteiger partial charge on any atom is -0.143 e. The molecule has 10 heavy (non-hydrogen) atoms. The van der Waals surface area contributed by atoms with Gasteiger partial charge >= 0.3 is 0 Å². The molecule has 54 valence electrons. The van der Waals surface area contributed by atoms with Gasteiger partial charge in [-0.05, 0) is 31.2 Å². The maximum absolute atomic E-state index is 7.07. The molecule has 1 aromatic heterocycles. The summed E-state index contributed by atoms with van der Waals surface area (Å²) < 4.78 is 0. The summed E-state index contributed by atoms with van der Waals surface area (Å²) in [5.41, 5.74) is 2.79. The third kappa shape index (κ3) is 1.05. The first kappa shape index (κ1) is 6.92. The number of rotatable bonds is 0. The minimum absolute atomic E-state index is 0.845. The van der Waals surface area contributed by atoms with E-state index in [-0.39, 0.29) is 0 Å². The van der Waals surface area contributed by atoms with Gasteiger partial charge in [-0.2, -0.15) is 0 Å². The molecule has 0 amide bonds. The molecule has 1 aromatic rings. The van der Waals surface area contributed by atoms with Crippen LogP contribution in [-0.2, 0) is 0 Å². The highest BCUT2D eigenvalue weighted by Gasteiger charge is 1.98. The Balaban J connectivity index is 3.31. The van der Waals surface area contributed by atoms with E-state index in [2.05, 4.69) is 10.2 Å². The van der Waals surface area contributed by atoms with Crippen molar-refractivity contribution >= 4 is 0 Å². The maximum atomic E-state index is 7.07. The molecule has 1 heterocycles. The minimum atomic E-state index is 0.845. The van der Waals surface area contributed by atoms with Crippen LogP contribution in [0.4, 0.5) is 0 Å². The number of hydrogen-bond donors (Lipinski definition) is 0. The van der Waals surface area contributed by atoms with Crippen LogP contribution in [0.2, 0.25) is 0 Å². The van der Waals surface area contributed by atoms with Crippen molar-refractivity contribution in [3.63, 3.8) is 0 Å². The first-order valence-electron chi connectivity index (χ1n) is 3.07. The van der Waals surface area contributed by atoms with Gasteiger partial charge in [0.2, 0.25) is 0 Å². The highest BCUT2D eigenvalue weighted by molar-refractivity contribution is 5.17. The molecule has 0 aliphatic heterocycles. The Bertz CT molecular complexity index is 233. The van der Waals surface area contributed by atoms with Crippen LogP contribution in [0.15, 0.2) is 0 Å². The largest absolute Gasteiger partial charge is 0.143 e. The molecular weight excluding hydrogens is 128 g/mol. The molecule has 0 atom stereocenters. The molecule has 0 aliphatic carbocycles. The average molecular weight is 138 g/mol. The van der Waals surface area contributed by atoms with E-state index >= 15 is 0 Å². The lowest BCUT2D eigenvalue weighted by molar-refractivity contribution is -0.730. The summed E-state index contributed by atoms with van der Waals surface area (Å²) in [6.45, 7) is 5.69. The highest BCUT2D eigenvalue weighted by Crippen LogP contribution is 2.01. The van der Waals surface area contributed by atoms with E-state index in [0.717, 1.165) is 21.9 Å².